The fraction of sp³-hybridized carbons (Fsp3) is 0.333. The largest absolute Gasteiger partial charge is 0.331 e. The quantitative estimate of drug-likeness (QED) is 0.711. The maximum absolute atomic E-state index is 12.0. The fourth-order valence-corrected chi connectivity index (χ4v) is 1.83. The highest BCUT2D eigenvalue weighted by atomic mass is 16.2. The van der Waals surface area contributed by atoms with E-state index in [4.69, 9.17) is 0 Å². The summed E-state index contributed by atoms with van der Waals surface area (Å²) < 4.78 is 0. The zero-order valence-electron chi connectivity index (χ0n) is 9.38. The Morgan fingerprint density at radius 2 is 1.75 bits per heavy atom. The Morgan fingerprint density at radius 3 is 2.25 bits per heavy atom. The van der Waals surface area contributed by atoms with Crippen LogP contribution in [-0.2, 0) is 4.79 Å². The number of anilines is 1. The molecule has 1 heterocycles. The first-order chi connectivity index (χ1) is 7.61. The summed E-state index contributed by atoms with van der Waals surface area (Å²) in [6, 6.07) is 8.92. The molecule has 0 saturated carbocycles. The molecule has 0 spiro atoms. The van der Waals surface area contributed by atoms with Gasteiger partial charge in [0.15, 0.2) is 0 Å². The second kappa shape index (κ2) is 3.96. The van der Waals surface area contributed by atoms with E-state index in [9.17, 15) is 9.59 Å². The third-order valence-electron chi connectivity index (χ3n) is 2.58. The van der Waals surface area contributed by atoms with Gasteiger partial charge in [0.2, 0.25) is 0 Å². The average Bonchev–Trinajstić information content (AvgIpc) is 2.55. The second-order valence-corrected chi connectivity index (χ2v) is 4.06. The fourth-order valence-electron chi connectivity index (χ4n) is 1.83. The smallest absolute Gasteiger partial charge is 0.285 e. The molecule has 0 bridgehead atoms. The topological polar surface area (TPSA) is 40.6 Å². The number of carbonyl (C=O) groups excluding carboxylic acids is 2. The van der Waals surface area contributed by atoms with Crippen LogP contribution in [0, 0.1) is 0 Å². The molecule has 4 heteroatoms. The molecular weight excluding hydrogens is 204 g/mol. The standard InChI is InChI=1S/C12H14N2O2/c1-9(2)14-11(15)8-13(12(14)16)10-6-4-3-5-7-10/h3-7,9H,8H2,1-2H3. The second-order valence-electron chi connectivity index (χ2n) is 4.06. The molecule has 84 valence electrons. The van der Waals surface area contributed by atoms with Crippen molar-refractivity contribution in [1.29, 1.82) is 0 Å². The molecule has 0 radical (unpaired) electrons. The summed E-state index contributed by atoms with van der Waals surface area (Å²) in [6.45, 7) is 3.82. The number of para-hydroxylation sites is 1. The number of carbonyl (C=O) groups is 2. The summed E-state index contributed by atoms with van der Waals surface area (Å²) in [5, 5.41) is 0. The first-order valence-electron chi connectivity index (χ1n) is 5.30. The van der Waals surface area contributed by atoms with Crippen molar-refractivity contribution >= 4 is 17.6 Å². The van der Waals surface area contributed by atoms with Crippen molar-refractivity contribution in [2.24, 2.45) is 0 Å². The zero-order chi connectivity index (χ0) is 11.7. The van der Waals surface area contributed by atoms with Gasteiger partial charge in [-0.3, -0.25) is 14.6 Å². The average molecular weight is 218 g/mol. The Labute approximate surface area is 94.5 Å². The van der Waals surface area contributed by atoms with E-state index in [1.54, 1.807) is 0 Å². The van der Waals surface area contributed by atoms with Gasteiger partial charge in [-0.1, -0.05) is 18.2 Å². The van der Waals surface area contributed by atoms with Crippen LogP contribution in [0.4, 0.5) is 10.5 Å². The molecule has 1 fully saturated rings. The van der Waals surface area contributed by atoms with Crippen LogP contribution in [0.25, 0.3) is 0 Å². The third-order valence-corrected chi connectivity index (χ3v) is 2.58. The molecule has 0 atom stereocenters. The highest BCUT2D eigenvalue weighted by Crippen LogP contribution is 2.21. The maximum atomic E-state index is 12.0. The van der Waals surface area contributed by atoms with Crippen molar-refractivity contribution in [3.63, 3.8) is 0 Å². The molecule has 3 amide bonds. The molecular formula is C12H14N2O2. The summed E-state index contributed by atoms with van der Waals surface area (Å²) in [7, 11) is 0. The minimum atomic E-state index is -0.230. The Kier molecular flexibility index (Phi) is 2.64. The van der Waals surface area contributed by atoms with Crippen LogP contribution < -0.4 is 4.90 Å². The summed E-state index contributed by atoms with van der Waals surface area (Å²) in [4.78, 5) is 26.5. The predicted octanol–water partition coefficient (Wildman–Crippen LogP) is 1.86. The van der Waals surface area contributed by atoms with E-state index in [-0.39, 0.29) is 24.5 Å². The molecule has 0 N–H and O–H groups in total. The molecule has 0 aliphatic carbocycles. The van der Waals surface area contributed by atoms with Gasteiger partial charge < -0.3 is 0 Å². The van der Waals surface area contributed by atoms with Crippen molar-refractivity contribution in [2.45, 2.75) is 19.9 Å². The van der Waals surface area contributed by atoms with Crippen LogP contribution in [0.5, 0.6) is 0 Å². The van der Waals surface area contributed by atoms with E-state index in [1.165, 1.54) is 9.80 Å². The Bertz CT molecular complexity index is 414. The van der Waals surface area contributed by atoms with Gasteiger partial charge in [0.1, 0.15) is 6.54 Å². The van der Waals surface area contributed by atoms with E-state index in [0.29, 0.717) is 0 Å². The summed E-state index contributed by atoms with van der Waals surface area (Å²) in [5.41, 5.74) is 0.768. The Hall–Kier alpha value is -1.84. The lowest BCUT2D eigenvalue weighted by atomic mass is 10.3. The summed E-state index contributed by atoms with van der Waals surface area (Å²) in [6.07, 6.45) is 0. The summed E-state index contributed by atoms with van der Waals surface area (Å²) in [5.74, 6) is -0.135. The molecule has 4 nitrogen and oxygen atoms in total. The lowest BCUT2D eigenvalue weighted by Gasteiger charge is -2.19. The van der Waals surface area contributed by atoms with Gasteiger partial charge in [0.25, 0.3) is 5.91 Å². The number of imide groups is 1. The molecule has 1 aromatic rings. The highest BCUT2D eigenvalue weighted by molar-refractivity contribution is 6.12. The monoisotopic (exact) mass is 218 g/mol. The van der Waals surface area contributed by atoms with E-state index in [2.05, 4.69) is 0 Å². The van der Waals surface area contributed by atoms with Crippen LogP contribution in [0.1, 0.15) is 13.8 Å². The van der Waals surface area contributed by atoms with Crippen molar-refractivity contribution in [3.8, 4) is 0 Å². The first-order valence-corrected chi connectivity index (χ1v) is 5.30. The van der Waals surface area contributed by atoms with Gasteiger partial charge in [-0.15, -0.1) is 0 Å². The van der Waals surface area contributed by atoms with Crippen LogP contribution in [0.3, 0.4) is 0 Å². The van der Waals surface area contributed by atoms with Gasteiger partial charge in [0, 0.05) is 11.7 Å². The maximum Gasteiger partial charge on any atom is 0.331 e. The number of amides is 3. The van der Waals surface area contributed by atoms with Crippen LogP contribution in [0.2, 0.25) is 0 Å². The van der Waals surface area contributed by atoms with Gasteiger partial charge in [-0.2, -0.15) is 0 Å². The number of hydrogen-bond acceptors (Lipinski definition) is 2. The number of nitrogens with zero attached hydrogens (tertiary/aromatic N) is 2. The minimum Gasteiger partial charge on any atom is -0.285 e. The SMILES string of the molecule is CC(C)N1C(=O)CN(c2ccccc2)C1=O. The van der Waals surface area contributed by atoms with Crippen molar-refractivity contribution in [2.75, 3.05) is 11.4 Å². The van der Waals surface area contributed by atoms with Crippen molar-refractivity contribution in [1.82, 2.24) is 4.90 Å². The van der Waals surface area contributed by atoms with E-state index >= 15 is 0 Å². The third kappa shape index (κ3) is 1.66. The molecule has 0 aromatic heterocycles. The first kappa shape index (κ1) is 10.7. The summed E-state index contributed by atoms with van der Waals surface area (Å²) >= 11 is 0. The predicted molar refractivity (Wildman–Crippen MR) is 61.2 cm³/mol. The zero-order valence-corrected chi connectivity index (χ0v) is 9.38. The number of urea groups is 1. The molecule has 2 rings (SSSR count). The molecule has 1 aliphatic rings. The lowest BCUT2D eigenvalue weighted by Crippen LogP contribution is -2.38. The minimum absolute atomic E-state index is 0.0892. The van der Waals surface area contributed by atoms with E-state index in [1.807, 2.05) is 44.2 Å². The van der Waals surface area contributed by atoms with Crippen LogP contribution in [0.15, 0.2) is 30.3 Å². The Balaban J connectivity index is 2.28. The van der Waals surface area contributed by atoms with Crippen LogP contribution >= 0.6 is 0 Å². The van der Waals surface area contributed by atoms with Crippen molar-refractivity contribution in [3.05, 3.63) is 30.3 Å². The van der Waals surface area contributed by atoms with Gasteiger partial charge in [-0.05, 0) is 26.0 Å². The molecule has 16 heavy (non-hydrogen) atoms. The normalized spacial score (nSPS) is 16.4. The Morgan fingerprint density at radius 1 is 1.12 bits per heavy atom. The molecule has 0 unspecified atom stereocenters. The van der Waals surface area contributed by atoms with Gasteiger partial charge in [-0.25, -0.2) is 4.79 Å². The molecule has 1 aromatic carbocycles. The van der Waals surface area contributed by atoms with Gasteiger partial charge >= 0.3 is 6.03 Å². The highest BCUT2D eigenvalue weighted by Gasteiger charge is 2.38. The van der Waals surface area contributed by atoms with Gasteiger partial charge in [0.05, 0.1) is 0 Å². The molecule has 1 aliphatic heterocycles. The number of hydrogen-bond donors (Lipinski definition) is 0. The molecule has 1 saturated heterocycles. The number of rotatable bonds is 2. The van der Waals surface area contributed by atoms with Crippen LogP contribution in [-0.4, -0.2) is 29.4 Å². The van der Waals surface area contributed by atoms with E-state index in [0.717, 1.165) is 5.69 Å². The number of benzene rings is 1. The van der Waals surface area contributed by atoms with E-state index < -0.39 is 0 Å². The van der Waals surface area contributed by atoms with Crippen molar-refractivity contribution < 1.29 is 9.59 Å². The lowest BCUT2D eigenvalue weighted by molar-refractivity contribution is -0.125.